The molecule has 128 valence electrons. The van der Waals surface area contributed by atoms with Gasteiger partial charge < -0.3 is 9.47 Å². The number of ether oxygens (including phenoxy) is 2. The van der Waals surface area contributed by atoms with Crippen LogP contribution in [0.5, 0.6) is 0 Å². The van der Waals surface area contributed by atoms with Crippen molar-refractivity contribution in [2.45, 2.75) is 6.42 Å². The zero-order chi connectivity index (χ0) is 18.4. The first-order valence-corrected chi connectivity index (χ1v) is 6.06. The van der Waals surface area contributed by atoms with Crippen molar-refractivity contribution < 1.29 is 50.1 Å². The van der Waals surface area contributed by atoms with Crippen LogP contribution in [-0.2, 0) is 50.1 Å². The molecule has 0 aromatic carbocycles. The van der Waals surface area contributed by atoms with Gasteiger partial charge in [0.05, 0.1) is 25.4 Å². The van der Waals surface area contributed by atoms with Crippen LogP contribution in [0.4, 0.5) is 0 Å². The molecule has 2 atom stereocenters. The van der Waals surface area contributed by atoms with Crippen LogP contribution in [0.15, 0.2) is 35.5 Å². The van der Waals surface area contributed by atoms with Crippen LogP contribution in [-0.4, -0.2) is 26.2 Å². The predicted molar refractivity (Wildman–Crippen MR) is 72.7 cm³/mol. The topological polar surface area (TPSA) is 112 Å². The number of rotatable bonds is 2. The summed E-state index contributed by atoms with van der Waals surface area (Å²) in [5.41, 5.74) is 0.870. The van der Waals surface area contributed by atoms with Gasteiger partial charge in [-0.25, -0.2) is 9.59 Å². The van der Waals surface area contributed by atoms with Crippen molar-refractivity contribution in [1.82, 2.24) is 0 Å². The summed E-state index contributed by atoms with van der Waals surface area (Å²) in [4.78, 5) is 23.5. The molecule has 24 heavy (non-hydrogen) atoms. The SMILES string of the molecule is COC(=O)C1=C(C(=O)OC)C2C=CC=CC1C2.[C-]#[O+].[C-]#[O+].[C-]#[O+].[Fe]. The van der Waals surface area contributed by atoms with Crippen molar-refractivity contribution in [1.29, 1.82) is 0 Å². The minimum atomic E-state index is -0.446. The molecule has 0 saturated heterocycles. The molecule has 0 aromatic heterocycles. The summed E-state index contributed by atoms with van der Waals surface area (Å²) in [6, 6.07) is 0. The molecule has 2 aliphatic carbocycles. The Hall–Kier alpha value is -2.10. The molecule has 7 nitrogen and oxygen atoms in total. The summed E-state index contributed by atoms with van der Waals surface area (Å²) in [5.74, 6) is -1.01. The van der Waals surface area contributed by atoms with Crippen molar-refractivity contribution in [2.24, 2.45) is 11.8 Å². The fraction of sp³-hybridized carbons (Fsp3) is 0.312. The first kappa shape index (κ1) is 26.8. The number of esters is 2. The second-order valence-corrected chi connectivity index (χ2v) is 4.03. The first-order valence-electron chi connectivity index (χ1n) is 6.06. The molecule has 8 heteroatoms. The Bertz CT molecular complexity index is 512. The predicted octanol–water partition coefficient (Wildman–Crippen LogP) is 1.28. The molecule has 0 radical (unpaired) electrons. The Kier molecular flexibility index (Phi) is 17.6. The summed E-state index contributed by atoms with van der Waals surface area (Å²) in [6.45, 7) is 13.5. The number of methoxy groups -OCH3 is 2. The van der Waals surface area contributed by atoms with E-state index >= 15 is 0 Å². The minimum absolute atomic E-state index is 0. The van der Waals surface area contributed by atoms with E-state index in [1.165, 1.54) is 14.2 Å². The summed E-state index contributed by atoms with van der Waals surface area (Å²) in [5, 5.41) is 0. The van der Waals surface area contributed by atoms with Crippen LogP contribution < -0.4 is 0 Å². The van der Waals surface area contributed by atoms with Gasteiger partial charge in [0.2, 0.25) is 0 Å². The van der Waals surface area contributed by atoms with Crippen LogP contribution in [0.25, 0.3) is 0 Å². The number of carbonyl (C=O) groups is 2. The molecular weight excluding hydrogens is 360 g/mol. The summed E-state index contributed by atoms with van der Waals surface area (Å²) in [7, 11) is 2.64. The quantitative estimate of drug-likeness (QED) is 0.314. The third kappa shape index (κ3) is 6.57. The average molecular weight is 374 g/mol. The molecule has 0 heterocycles. The third-order valence-corrected chi connectivity index (χ3v) is 3.15. The van der Waals surface area contributed by atoms with Gasteiger partial charge >= 0.3 is 45.8 Å². The van der Waals surface area contributed by atoms with Gasteiger partial charge in [0, 0.05) is 28.9 Å². The normalized spacial score (nSPS) is 18.5. The van der Waals surface area contributed by atoms with Crippen molar-refractivity contribution in [2.75, 3.05) is 14.2 Å². The molecule has 2 unspecified atom stereocenters. The first-order chi connectivity index (χ1) is 11.2. The molecule has 2 rings (SSSR count). The number of allylic oxidation sites excluding steroid dienone is 4. The molecule has 0 aromatic rings. The van der Waals surface area contributed by atoms with E-state index in [9.17, 15) is 9.59 Å². The molecule has 0 aliphatic heterocycles. The minimum Gasteiger partial charge on any atom is 0 e. The largest absolute Gasteiger partial charge is 0 e. The van der Waals surface area contributed by atoms with Crippen LogP contribution in [0, 0.1) is 31.8 Å². The van der Waals surface area contributed by atoms with Crippen molar-refractivity contribution in [3.8, 4) is 0 Å². The monoisotopic (exact) mass is 374 g/mol. The van der Waals surface area contributed by atoms with E-state index in [-0.39, 0.29) is 28.9 Å². The molecule has 2 bridgehead atoms. The van der Waals surface area contributed by atoms with Gasteiger partial charge in [-0.3, -0.25) is 0 Å². The molecule has 0 N–H and O–H groups in total. The van der Waals surface area contributed by atoms with Gasteiger partial charge in [-0.2, -0.15) is 0 Å². The number of carbonyl (C=O) groups excluding carboxylic acids is 2. The summed E-state index contributed by atoms with van der Waals surface area (Å²) < 4.78 is 32.0. The van der Waals surface area contributed by atoms with E-state index in [4.69, 9.17) is 23.4 Å². The Morgan fingerprint density at radius 3 is 1.42 bits per heavy atom. The van der Waals surface area contributed by atoms with Crippen molar-refractivity contribution >= 4 is 11.9 Å². The maximum absolute atomic E-state index is 11.8. The van der Waals surface area contributed by atoms with Crippen LogP contribution >= 0.6 is 0 Å². The Labute approximate surface area is 150 Å². The third-order valence-electron chi connectivity index (χ3n) is 3.15. The number of fused-ring (bicyclic) bond motifs is 2. The second-order valence-electron chi connectivity index (χ2n) is 4.03. The van der Waals surface area contributed by atoms with Crippen LogP contribution in [0.2, 0.25) is 0 Å². The molecule has 2 aliphatic rings. The fourth-order valence-corrected chi connectivity index (χ4v) is 2.40. The van der Waals surface area contributed by atoms with Gasteiger partial charge in [-0.15, -0.1) is 0 Å². The van der Waals surface area contributed by atoms with E-state index in [1.54, 1.807) is 0 Å². The molecule has 0 spiro atoms. The van der Waals surface area contributed by atoms with Crippen LogP contribution in [0.1, 0.15) is 6.42 Å². The molecule has 0 saturated carbocycles. The maximum atomic E-state index is 11.8. The average Bonchev–Trinajstić information content (AvgIpc) is 2.81. The van der Waals surface area contributed by atoms with Gasteiger partial charge in [0.25, 0.3) is 0 Å². The van der Waals surface area contributed by atoms with Crippen molar-refractivity contribution in [3.63, 3.8) is 0 Å². The van der Waals surface area contributed by atoms with E-state index in [1.807, 2.05) is 24.3 Å². The summed E-state index contributed by atoms with van der Waals surface area (Å²) >= 11 is 0. The Balaban J connectivity index is -0.000000569. The second kappa shape index (κ2) is 15.8. The smallest absolute Gasteiger partial charge is 0 e. The summed E-state index contributed by atoms with van der Waals surface area (Å²) in [6.07, 6.45) is 8.34. The van der Waals surface area contributed by atoms with E-state index in [0.717, 1.165) is 6.42 Å². The van der Waals surface area contributed by atoms with E-state index < -0.39 is 11.9 Å². The Morgan fingerprint density at radius 1 is 0.875 bits per heavy atom. The van der Waals surface area contributed by atoms with Gasteiger partial charge in [-0.1, -0.05) is 24.3 Å². The standard InChI is InChI=1S/C13H14O4.3CO.Fe/c1-16-12(14)10-8-5-3-4-6-9(7-8)11(10)13(15)17-2;3*1-2;/h3-6,8-9H,7H2,1-2H3;;;;. The van der Waals surface area contributed by atoms with Gasteiger partial charge in [0.15, 0.2) is 0 Å². The van der Waals surface area contributed by atoms with Crippen molar-refractivity contribution in [3.05, 3.63) is 55.4 Å². The maximum Gasteiger partial charge on any atom is 0 e. The Morgan fingerprint density at radius 2 is 1.17 bits per heavy atom. The van der Waals surface area contributed by atoms with Gasteiger partial charge in [0.1, 0.15) is 0 Å². The number of hydrogen-bond acceptors (Lipinski definition) is 4. The number of hydrogen-bond donors (Lipinski definition) is 0. The molecular formula is C16H14FeO7. The van der Waals surface area contributed by atoms with Gasteiger partial charge in [-0.05, 0) is 6.42 Å². The molecule has 0 fully saturated rings. The molecule has 0 amide bonds. The van der Waals surface area contributed by atoms with Crippen LogP contribution in [0.3, 0.4) is 0 Å². The zero-order valence-corrected chi connectivity index (χ0v) is 14.0. The zero-order valence-electron chi connectivity index (χ0n) is 12.9. The van der Waals surface area contributed by atoms with E-state index in [2.05, 4.69) is 20.0 Å². The van der Waals surface area contributed by atoms with E-state index in [0.29, 0.717) is 11.1 Å². The fourth-order valence-electron chi connectivity index (χ4n) is 2.40.